The fourth-order valence-electron chi connectivity index (χ4n) is 2.03. The number of hydrogen-bond acceptors (Lipinski definition) is 5. The van der Waals surface area contributed by atoms with Crippen molar-refractivity contribution in [3.63, 3.8) is 0 Å². The molecule has 1 aliphatic heterocycles. The second-order valence-corrected chi connectivity index (χ2v) is 6.64. The van der Waals surface area contributed by atoms with Crippen molar-refractivity contribution >= 4 is 28.2 Å². The van der Waals surface area contributed by atoms with Crippen LogP contribution in [-0.4, -0.2) is 36.1 Å². The molecule has 2 unspecified atom stereocenters. The lowest BCUT2D eigenvalue weighted by Gasteiger charge is -2.22. The quantitative estimate of drug-likeness (QED) is 0.891. The minimum absolute atomic E-state index is 0.414. The van der Waals surface area contributed by atoms with Crippen LogP contribution in [0.5, 0.6) is 0 Å². The van der Waals surface area contributed by atoms with Crippen molar-refractivity contribution in [3.8, 4) is 0 Å². The molecule has 1 fully saturated rings. The molecular formula is C12H21N3S2. The molecule has 0 aliphatic carbocycles. The molecule has 0 saturated carbocycles. The molecule has 2 atom stereocenters. The summed E-state index contributed by atoms with van der Waals surface area (Å²) in [5.41, 5.74) is 0. The maximum absolute atomic E-state index is 4.56. The van der Waals surface area contributed by atoms with E-state index in [1.807, 2.05) is 29.3 Å². The number of anilines is 1. The van der Waals surface area contributed by atoms with E-state index in [0.717, 1.165) is 11.7 Å². The van der Waals surface area contributed by atoms with Gasteiger partial charge in [0.1, 0.15) is 0 Å². The standard InChI is InChI=1S/C12H21N3S2/c1-4-13-9(2)11-7-14-12(17-11)15(3)10-5-6-16-8-10/h7,9-10,13H,4-6,8H2,1-3H3. The van der Waals surface area contributed by atoms with Gasteiger partial charge in [-0.15, -0.1) is 11.3 Å². The van der Waals surface area contributed by atoms with Crippen LogP contribution in [0.2, 0.25) is 0 Å². The van der Waals surface area contributed by atoms with E-state index in [-0.39, 0.29) is 0 Å². The molecule has 17 heavy (non-hydrogen) atoms. The maximum atomic E-state index is 4.56. The van der Waals surface area contributed by atoms with E-state index in [9.17, 15) is 0 Å². The van der Waals surface area contributed by atoms with Gasteiger partial charge in [-0.25, -0.2) is 4.98 Å². The van der Waals surface area contributed by atoms with E-state index in [1.54, 1.807) is 0 Å². The molecule has 3 nitrogen and oxygen atoms in total. The van der Waals surface area contributed by atoms with Crippen LogP contribution in [0.1, 0.15) is 31.2 Å². The topological polar surface area (TPSA) is 28.2 Å². The lowest BCUT2D eigenvalue weighted by Crippen LogP contribution is -2.31. The van der Waals surface area contributed by atoms with Crippen molar-refractivity contribution in [2.75, 3.05) is 30.0 Å². The Morgan fingerprint density at radius 1 is 1.65 bits per heavy atom. The number of rotatable bonds is 5. The van der Waals surface area contributed by atoms with Crippen LogP contribution in [0.25, 0.3) is 0 Å². The average Bonchev–Trinajstić information content (AvgIpc) is 3.00. The highest BCUT2D eigenvalue weighted by molar-refractivity contribution is 7.99. The molecule has 1 saturated heterocycles. The van der Waals surface area contributed by atoms with Crippen molar-refractivity contribution in [3.05, 3.63) is 11.1 Å². The Balaban J connectivity index is 2.01. The summed E-state index contributed by atoms with van der Waals surface area (Å²) in [6, 6.07) is 1.09. The summed E-state index contributed by atoms with van der Waals surface area (Å²) in [4.78, 5) is 8.25. The van der Waals surface area contributed by atoms with E-state index >= 15 is 0 Å². The first-order valence-electron chi connectivity index (χ1n) is 6.22. The molecular weight excluding hydrogens is 250 g/mol. The van der Waals surface area contributed by atoms with Gasteiger partial charge in [-0.2, -0.15) is 11.8 Å². The van der Waals surface area contributed by atoms with Crippen LogP contribution in [0.4, 0.5) is 5.13 Å². The Kier molecular flexibility index (Phi) is 4.70. The highest BCUT2D eigenvalue weighted by Crippen LogP contribution is 2.31. The summed E-state index contributed by atoms with van der Waals surface area (Å²) < 4.78 is 0. The van der Waals surface area contributed by atoms with E-state index in [1.165, 1.54) is 22.8 Å². The van der Waals surface area contributed by atoms with E-state index in [0.29, 0.717) is 12.1 Å². The molecule has 0 aromatic carbocycles. The first kappa shape index (κ1) is 13.2. The zero-order chi connectivity index (χ0) is 12.3. The molecule has 1 aromatic rings. The van der Waals surface area contributed by atoms with Crippen LogP contribution < -0.4 is 10.2 Å². The minimum atomic E-state index is 0.414. The van der Waals surface area contributed by atoms with Gasteiger partial charge in [-0.05, 0) is 25.6 Å². The van der Waals surface area contributed by atoms with Crippen molar-refractivity contribution in [1.82, 2.24) is 10.3 Å². The van der Waals surface area contributed by atoms with Gasteiger partial charge in [-0.3, -0.25) is 0 Å². The summed E-state index contributed by atoms with van der Waals surface area (Å²) >= 11 is 3.87. The molecule has 1 aliphatic rings. The van der Waals surface area contributed by atoms with Gasteiger partial charge in [0.15, 0.2) is 5.13 Å². The highest BCUT2D eigenvalue weighted by Gasteiger charge is 2.22. The van der Waals surface area contributed by atoms with Gasteiger partial charge in [0, 0.05) is 36.0 Å². The summed E-state index contributed by atoms with van der Waals surface area (Å²) in [7, 11) is 2.18. The lowest BCUT2D eigenvalue weighted by molar-refractivity contribution is 0.606. The van der Waals surface area contributed by atoms with Gasteiger partial charge in [-0.1, -0.05) is 6.92 Å². The normalized spacial score (nSPS) is 21.7. The van der Waals surface area contributed by atoms with E-state index in [2.05, 4.69) is 36.1 Å². The third-order valence-electron chi connectivity index (χ3n) is 3.20. The molecule has 0 bridgehead atoms. The predicted molar refractivity (Wildman–Crippen MR) is 78.3 cm³/mol. The first-order valence-corrected chi connectivity index (χ1v) is 8.19. The summed E-state index contributed by atoms with van der Waals surface area (Å²) in [5.74, 6) is 2.54. The molecule has 0 radical (unpaired) electrons. The summed E-state index contributed by atoms with van der Waals surface area (Å²) in [6.07, 6.45) is 3.31. The molecule has 0 amide bonds. The SMILES string of the molecule is CCNC(C)c1cnc(N(C)C2CCSC2)s1. The van der Waals surface area contributed by atoms with Gasteiger partial charge < -0.3 is 10.2 Å². The molecule has 0 spiro atoms. The van der Waals surface area contributed by atoms with E-state index < -0.39 is 0 Å². The summed E-state index contributed by atoms with van der Waals surface area (Å²) in [6.45, 7) is 5.34. The van der Waals surface area contributed by atoms with Crippen LogP contribution in [-0.2, 0) is 0 Å². The molecule has 2 rings (SSSR count). The fourth-order valence-corrected chi connectivity index (χ4v) is 4.27. The van der Waals surface area contributed by atoms with E-state index in [4.69, 9.17) is 0 Å². The number of thioether (sulfide) groups is 1. The summed E-state index contributed by atoms with van der Waals surface area (Å²) in [5, 5.41) is 4.60. The smallest absolute Gasteiger partial charge is 0.185 e. The molecule has 5 heteroatoms. The average molecular weight is 271 g/mol. The Bertz CT molecular complexity index is 347. The number of thiazole rings is 1. The zero-order valence-electron chi connectivity index (χ0n) is 10.8. The van der Waals surface area contributed by atoms with Gasteiger partial charge >= 0.3 is 0 Å². The molecule has 2 heterocycles. The monoisotopic (exact) mass is 271 g/mol. The number of nitrogens with zero attached hydrogens (tertiary/aromatic N) is 2. The molecule has 1 N–H and O–H groups in total. The number of aromatic nitrogens is 1. The third-order valence-corrected chi connectivity index (χ3v) is 5.62. The lowest BCUT2D eigenvalue weighted by atomic mass is 10.2. The Labute approximate surface area is 112 Å². The maximum Gasteiger partial charge on any atom is 0.185 e. The van der Waals surface area contributed by atoms with Gasteiger partial charge in [0.05, 0.1) is 0 Å². The van der Waals surface area contributed by atoms with Crippen molar-refractivity contribution in [2.24, 2.45) is 0 Å². The van der Waals surface area contributed by atoms with Crippen molar-refractivity contribution < 1.29 is 0 Å². The highest BCUT2D eigenvalue weighted by atomic mass is 32.2. The fraction of sp³-hybridized carbons (Fsp3) is 0.750. The van der Waals surface area contributed by atoms with Crippen LogP contribution >= 0.6 is 23.1 Å². The van der Waals surface area contributed by atoms with Gasteiger partial charge in [0.2, 0.25) is 0 Å². The third kappa shape index (κ3) is 3.14. The minimum Gasteiger partial charge on any atom is -0.347 e. The second-order valence-electron chi connectivity index (χ2n) is 4.45. The zero-order valence-corrected chi connectivity index (χ0v) is 12.4. The molecule has 96 valence electrons. The Hall–Kier alpha value is -0.260. The molecule has 1 aromatic heterocycles. The first-order chi connectivity index (χ1) is 8.22. The second kappa shape index (κ2) is 6.07. The van der Waals surface area contributed by atoms with Crippen molar-refractivity contribution in [1.29, 1.82) is 0 Å². The van der Waals surface area contributed by atoms with Gasteiger partial charge in [0.25, 0.3) is 0 Å². The Morgan fingerprint density at radius 3 is 3.12 bits per heavy atom. The predicted octanol–water partition coefficient (Wildman–Crippen LogP) is 2.76. The van der Waals surface area contributed by atoms with Crippen LogP contribution in [0, 0.1) is 0 Å². The number of nitrogens with one attached hydrogen (secondary N) is 1. The van der Waals surface area contributed by atoms with Crippen LogP contribution in [0.15, 0.2) is 6.20 Å². The largest absolute Gasteiger partial charge is 0.347 e. The van der Waals surface area contributed by atoms with Crippen molar-refractivity contribution in [2.45, 2.75) is 32.4 Å². The van der Waals surface area contributed by atoms with Crippen LogP contribution in [0.3, 0.4) is 0 Å². The Morgan fingerprint density at radius 2 is 2.47 bits per heavy atom. The number of hydrogen-bond donors (Lipinski definition) is 1.